The second-order valence-electron chi connectivity index (χ2n) is 16.5. The third kappa shape index (κ3) is 10.4. The van der Waals surface area contributed by atoms with E-state index < -0.39 is 177 Å². The smallest absolute Gasteiger partial charge is 0.302 e. The lowest BCUT2D eigenvalue weighted by Gasteiger charge is -2.48. The molecule has 68 heavy (non-hydrogen) atoms. The fraction of sp³-hybridized carbons (Fsp3) is 0.619. The molecule has 1 aromatic heterocycles. The van der Waals surface area contributed by atoms with E-state index in [0.717, 1.165) is 25.1 Å². The number of hydrogen-bond acceptors (Lipinski definition) is 26. The molecule has 2 aromatic carbocycles. The van der Waals surface area contributed by atoms with E-state index in [1.165, 1.54) is 32.2 Å². The molecular formula is C42H54O26. The van der Waals surface area contributed by atoms with Crippen LogP contribution in [0.1, 0.15) is 13.8 Å². The first kappa shape index (κ1) is 51.5. The van der Waals surface area contributed by atoms with E-state index >= 15 is 0 Å². The lowest BCUT2D eigenvalue weighted by Crippen LogP contribution is -2.67. The molecule has 0 aliphatic carbocycles. The maximum absolute atomic E-state index is 13.6. The molecule has 4 aliphatic heterocycles. The van der Waals surface area contributed by atoms with Crippen LogP contribution in [0.15, 0.2) is 45.6 Å². The first-order valence-corrected chi connectivity index (χ1v) is 21.2. The van der Waals surface area contributed by atoms with Gasteiger partial charge in [0.15, 0.2) is 53.2 Å². The van der Waals surface area contributed by atoms with Crippen LogP contribution >= 0.6 is 0 Å². The first-order chi connectivity index (χ1) is 32.2. The molecule has 20 atom stereocenters. The number of carbonyl (C=O) groups is 1. The van der Waals surface area contributed by atoms with Gasteiger partial charge in [0.25, 0.3) is 0 Å². The van der Waals surface area contributed by atoms with Gasteiger partial charge in [-0.15, -0.1) is 0 Å². The predicted molar refractivity (Wildman–Crippen MR) is 218 cm³/mol. The summed E-state index contributed by atoms with van der Waals surface area (Å²) >= 11 is 0. The number of hydrogen-bond donors (Lipinski definition) is 13. The molecule has 0 amide bonds. The molecule has 4 saturated heterocycles. The molecule has 7 rings (SSSR count). The summed E-state index contributed by atoms with van der Waals surface area (Å²) in [6.45, 7) is 0.0820. The van der Waals surface area contributed by atoms with Crippen molar-refractivity contribution in [3.8, 4) is 34.3 Å². The molecule has 4 aliphatic rings. The van der Waals surface area contributed by atoms with Crippen LogP contribution in [-0.2, 0) is 42.7 Å². The van der Waals surface area contributed by atoms with Crippen molar-refractivity contribution in [3.63, 3.8) is 0 Å². The standard InChI is InChI=1S/C42H54O26/c1-13-26(48)30(52)34(56)39(61-13)60-12-24-29(51)32(54)37(41(65-24)63-20-7-5-16(45)25-18(47)9-21(62-36(20)25)15-4-6-19(58-3)17(46)8-15)68-42-38(33(55)28(50)23(66-42)11-59-14(2)44)67-40-35(57)31(53)27(49)22(10-43)64-40/h4-9,13,22-24,26-35,37-43,45-46,48-57H,10-12H2,1-3H3/t13-,22+,23+,24+,26-,27+,28+,29+,30+,31-,32-,33-,34+,35+,37+,38+,39+,40-,41+,42-/m0/s1. The van der Waals surface area contributed by atoms with E-state index in [1.807, 2.05) is 0 Å². The number of aliphatic hydroxyl groups is 11. The van der Waals surface area contributed by atoms with Crippen LogP contribution in [0.4, 0.5) is 0 Å². The zero-order chi connectivity index (χ0) is 49.5. The average Bonchev–Trinajstić information content (AvgIpc) is 3.31. The molecule has 378 valence electrons. The van der Waals surface area contributed by atoms with E-state index in [9.17, 15) is 76.0 Å². The van der Waals surface area contributed by atoms with Crippen LogP contribution in [-0.4, -0.2) is 222 Å². The maximum atomic E-state index is 13.6. The minimum atomic E-state index is -2.16. The van der Waals surface area contributed by atoms with E-state index in [4.69, 9.17) is 51.8 Å². The monoisotopic (exact) mass is 974 g/mol. The van der Waals surface area contributed by atoms with Gasteiger partial charge in [0, 0.05) is 18.6 Å². The van der Waals surface area contributed by atoms with Crippen LogP contribution in [0.5, 0.6) is 23.0 Å². The maximum Gasteiger partial charge on any atom is 0.302 e. The Morgan fingerprint density at radius 3 is 1.84 bits per heavy atom. The zero-order valence-electron chi connectivity index (χ0n) is 36.3. The second kappa shape index (κ2) is 21.3. The van der Waals surface area contributed by atoms with Crippen molar-refractivity contribution < 1.29 is 123 Å². The number of ether oxygens (including phenoxy) is 10. The van der Waals surface area contributed by atoms with Crippen molar-refractivity contribution in [1.82, 2.24) is 0 Å². The van der Waals surface area contributed by atoms with Crippen molar-refractivity contribution in [3.05, 3.63) is 46.6 Å². The van der Waals surface area contributed by atoms with Gasteiger partial charge in [0.1, 0.15) is 109 Å². The number of aromatic hydroxyl groups is 2. The normalized spacial score (nSPS) is 38.8. The number of phenols is 2. The molecule has 0 radical (unpaired) electrons. The Hall–Kier alpha value is -4.40. The largest absolute Gasteiger partial charge is 0.507 e. The van der Waals surface area contributed by atoms with Crippen LogP contribution in [0, 0.1) is 0 Å². The Morgan fingerprint density at radius 2 is 1.19 bits per heavy atom. The fourth-order valence-corrected chi connectivity index (χ4v) is 8.04. The number of phenolic OH excluding ortho intramolecular Hbond substituents is 2. The molecule has 0 saturated carbocycles. The highest BCUT2D eigenvalue weighted by atomic mass is 16.8. The number of fused-ring (bicyclic) bond motifs is 1. The highest BCUT2D eigenvalue weighted by molar-refractivity contribution is 5.89. The van der Waals surface area contributed by atoms with Gasteiger partial charge in [-0.1, -0.05) is 0 Å². The first-order valence-electron chi connectivity index (χ1n) is 21.2. The molecule has 0 bridgehead atoms. The molecule has 0 spiro atoms. The van der Waals surface area contributed by atoms with Gasteiger partial charge in [-0.05, 0) is 37.3 Å². The van der Waals surface area contributed by atoms with Crippen molar-refractivity contribution >= 4 is 16.9 Å². The van der Waals surface area contributed by atoms with E-state index in [2.05, 4.69) is 0 Å². The summed E-state index contributed by atoms with van der Waals surface area (Å²) in [6, 6.07) is 7.25. The van der Waals surface area contributed by atoms with Gasteiger partial charge >= 0.3 is 5.97 Å². The van der Waals surface area contributed by atoms with Gasteiger partial charge < -0.3 is 118 Å². The van der Waals surface area contributed by atoms with Gasteiger partial charge in [-0.2, -0.15) is 0 Å². The molecule has 4 fully saturated rings. The molecule has 13 N–H and O–H groups in total. The van der Waals surface area contributed by atoms with Crippen molar-refractivity contribution in [1.29, 1.82) is 0 Å². The summed E-state index contributed by atoms with van der Waals surface area (Å²) in [5.74, 6) is -2.19. The minimum Gasteiger partial charge on any atom is -0.507 e. The van der Waals surface area contributed by atoms with Crippen LogP contribution < -0.4 is 14.9 Å². The average molecular weight is 975 g/mol. The molecule has 26 heteroatoms. The number of aliphatic hydroxyl groups excluding tert-OH is 11. The van der Waals surface area contributed by atoms with Crippen molar-refractivity contribution in [2.75, 3.05) is 26.9 Å². The number of carbonyl (C=O) groups excluding carboxylic acids is 1. The van der Waals surface area contributed by atoms with E-state index in [0.29, 0.717) is 0 Å². The van der Waals surface area contributed by atoms with E-state index in [-0.39, 0.29) is 22.8 Å². The summed E-state index contributed by atoms with van der Waals surface area (Å²) in [6.07, 6.45) is -36.8. The Bertz CT molecular complexity index is 2260. The third-order valence-corrected chi connectivity index (χ3v) is 11.9. The van der Waals surface area contributed by atoms with Crippen molar-refractivity contribution in [2.24, 2.45) is 0 Å². The highest BCUT2D eigenvalue weighted by Crippen LogP contribution is 2.39. The number of rotatable bonds is 14. The van der Waals surface area contributed by atoms with Gasteiger partial charge in [-0.25, -0.2) is 0 Å². The Morgan fingerprint density at radius 1 is 0.618 bits per heavy atom. The van der Waals surface area contributed by atoms with Crippen LogP contribution in [0.25, 0.3) is 22.3 Å². The van der Waals surface area contributed by atoms with Crippen LogP contribution in [0.2, 0.25) is 0 Å². The lowest BCUT2D eigenvalue weighted by atomic mass is 9.96. The zero-order valence-corrected chi connectivity index (χ0v) is 36.3. The molecule has 3 aromatic rings. The minimum absolute atomic E-state index is 0.0914. The third-order valence-electron chi connectivity index (χ3n) is 11.9. The number of benzene rings is 2. The molecular weight excluding hydrogens is 920 g/mol. The summed E-state index contributed by atoms with van der Waals surface area (Å²) in [4.78, 5) is 25.4. The van der Waals surface area contributed by atoms with Crippen LogP contribution in [0.3, 0.4) is 0 Å². The SMILES string of the molecule is COc1ccc(-c2cc(=O)c3c(O)ccc(O[C@@H]4O[C@H](CO[C@@H]5O[C@@H](C)[C@H](O)[C@@H](O)[C@H]5O)[C@@H](O)[C@H](O)[C@H]4O[C@@H]4O[C@H](COC(C)=O)[C@@H](O)[C@H](O)[C@H]4O[C@@H]4O[C@H](CO)[C@@H](O)[C@H](O)[C@H]4O)c3o2)cc1O. The van der Waals surface area contributed by atoms with E-state index in [1.54, 1.807) is 0 Å². The predicted octanol–water partition coefficient (Wildman–Crippen LogP) is -4.87. The fourth-order valence-electron chi connectivity index (χ4n) is 8.04. The summed E-state index contributed by atoms with van der Waals surface area (Å²) in [5, 5.41) is 139. The summed E-state index contributed by atoms with van der Waals surface area (Å²) < 4.78 is 63.0. The molecule has 26 nitrogen and oxygen atoms in total. The van der Waals surface area contributed by atoms with Gasteiger partial charge in [-0.3, -0.25) is 9.59 Å². The Balaban J connectivity index is 1.27. The number of methoxy groups -OCH3 is 1. The lowest BCUT2D eigenvalue weighted by molar-refractivity contribution is -0.390. The molecule has 0 unspecified atom stereocenters. The van der Waals surface area contributed by atoms with Gasteiger partial charge in [0.2, 0.25) is 6.29 Å². The topological polar surface area (TPSA) is 403 Å². The Kier molecular flexibility index (Phi) is 16.1. The Labute approximate surface area is 384 Å². The quantitative estimate of drug-likeness (QED) is 0.0674. The summed E-state index contributed by atoms with van der Waals surface area (Å²) in [7, 11) is 1.32. The molecule has 5 heterocycles. The summed E-state index contributed by atoms with van der Waals surface area (Å²) in [5.41, 5.74) is -1.08. The van der Waals surface area contributed by atoms with Crippen molar-refractivity contribution in [2.45, 2.75) is 137 Å². The highest BCUT2D eigenvalue weighted by Gasteiger charge is 2.55. The number of esters is 1. The second-order valence-corrected chi connectivity index (χ2v) is 16.5. The van der Waals surface area contributed by atoms with Gasteiger partial charge in [0.05, 0.1) is 26.4 Å².